The fourth-order valence-corrected chi connectivity index (χ4v) is 3.78. The van der Waals surface area contributed by atoms with E-state index in [-0.39, 0.29) is 29.5 Å². The molecule has 1 aliphatic rings. The molecule has 0 bridgehead atoms. The molecule has 1 saturated heterocycles. The number of carbonyl (C=O) groups is 2. The first-order valence-electron chi connectivity index (χ1n) is 9.39. The predicted molar refractivity (Wildman–Crippen MR) is 104 cm³/mol. The minimum absolute atomic E-state index is 0.0574. The number of nitrogens with one attached hydrogen (secondary N) is 1. The van der Waals surface area contributed by atoms with Crippen LogP contribution in [0.5, 0.6) is 0 Å². The van der Waals surface area contributed by atoms with Gasteiger partial charge in [-0.25, -0.2) is 9.97 Å². The fourth-order valence-electron chi connectivity index (χ4n) is 3.59. The molecule has 2 amide bonds. The average molecular weight is 460 g/mol. The molecule has 168 valence electrons. The molecule has 3 rings (SSSR count). The summed E-state index contributed by atoms with van der Waals surface area (Å²) in [6, 6.07) is 1.49. The van der Waals surface area contributed by atoms with E-state index in [0.717, 1.165) is 4.90 Å². The SMILES string of the molecule is Cc1cnc(Cl)c(C(=O)NCC2CN(C(=O)C(O)c3cncn3C)CC2C(F)(F)F)c1. The van der Waals surface area contributed by atoms with Crippen molar-refractivity contribution in [2.24, 2.45) is 18.9 Å². The normalized spacial score (nSPS) is 20.0. The van der Waals surface area contributed by atoms with Crippen LogP contribution in [0.4, 0.5) is 13.2 Å². The van der Waals surface area contributed by atoms with Gasteiger partial charge in [-0.3, -0.25) is 9.59 Å². The van der Waals surface area contributed by atoms with Crippen molar-refractivity contribution in [1.29, 1.82) is 0 Å². The number of aliphatic hydroxyl groups is 1. The number of aryl methyl sites for hydroxylation is 2. The third-order valence-electron chi connectivity index (χ3n) is 5.29. The average Bonchev–Trinajstić information content (AvgIpc) is 3.33. The summed E-state index contributed by atoms with van der Waals surface area (Å²) in [6.07, 6.45) is -2.10. The molecule has 1 aliphatic heterocycles. The van der Waals surface area contributed by atoms with E-state index in [9.17, 15) is 27.9 Å². The maximum atomic E-state index is 13.6. The van der Waals surface area contributed by atoms with Gasteiger partial charge in [0.15, 0.2) is 6.10 Å². The molecule has 3 atom stereocenters. The number of nitrogens with zero attached hydrogens (tertiary/aromatic N) is 4. The third kappa shape index (κ3) is 4.99. The number of hydrogen-bond acceptors (Lipinski definition) is 5. The van der Waals surface area contributed by atoms with E-state index < -0.39 is 42.5 Å². The van der Waals surface area contributed by atoms with Gasteiger partial charge in [-0.1, -0.05) is 11.6 Å². The van der Waals surface area contributed by atoms with Crippen molar-refractivity contribution in [2.45, 2.75) is 19.2 Å². The van der Waals surface area contributed by atoms with Crippen molar-refractivity contribution in [1.82, 2.24) is 24.8 Å². The first-order valence-corrected chi connectivity index (χ1v) is 9.77. The zero-order valence-electron chi connectivity index (χ0n) is 16.7. The van der Waals surface area contributed by atoms with Crippen molar-refractivity contribution in [3.63, 3.8) is 0 Å². The van der Waals surface area contributed by atoms with Crippen LogP contribution in [0.3, 0.4) is 0 Å². The Morgan fingerprint density at radius 3 is 2.68 bits per heavy atom. The molecular weight excluding hydrogens is 439 g/mol. The minimum Gasteiger partial charge on any atom is -0.377 e. The lowest BCUT2D eigenvalue weighted by Gasteiger charge is -2.21. The summed E-state index contributed by atoms with van der Waals surface area (Å²) < 4.78 is 42.2. The standard InChI is InChI=1S/C19H21ClF3N5O3/c1-10-3-12(16(20)25-4-10)17(30)26-5-11-7-28(8-13(11)19(21,22)23)18(31)15(29)14-6-24-9-27(14)2/h3-4,6,9,11,13,15,29H,5,7-8H2,1-2H3,(H,26,30). The van der Waals surface area contributed by atoms with Gasteiger partial charge in [0.2, 0.25) is 0 Å². The monoisotopic (exact) mass is 459 g/mol. The number of likely N-dealkylation sites (tertiary alicyclic amines) is 1. The highest BCUT2D eigenvalue weighted by atomic mass is 35.5. The Morgan fingerprint density at radius 1 is 1.35 bits per heavy atom. The fraction of sp³-hybridized carbons (Fsp3) is 0.474. The second kappa shape index (κ2) is 8.83. The van der Waals surface area contributed by atoms with Crippen LogP contribution in [0.15, 0.2) is 24.8 Å². The maximum Gasteiger partial charge on any atom is 0.393 e. The van der Waals surface area contributed by atoms with Crippen LogP contribution >= 0.6 is 11.6 Å². The minimum atomic E-state index is -4.58. The lowest BCUT2D eigenvalue weighted by Crippen LogP contribution is -2.37. The van der Waals surface area contributed by atoms with Crippen molar-refractivity contribution >= 4 is 23.4 Å². The molecule has 2 aromatic heterocycles. The van der Waals surface area contributed by atoms with Crippen molar-refractivity contribution in [3.8, 4) is 0 Å². The van der Waals surface area contributed by atoms with Gasteiger partial charge in [0.05, 0.1) is 29.7 Å². The van der Waals surface area contributed by atoms with Crippen LogP contribution in [0.25, 0.3) is 0 Å². The van der Waals surface area contributed by atoms with E-state index in [2.05, 4.69) is 15.3 Å². The molecule has 8 nitrogen and oxygen atoms in total. The number of rotatable bonds is 5. The number of pyridine rings is 1. The molecule has 2 aromatic rings. The second-order valence-electron chi connectivity index (χ2n) is 7.54. The quantitative estimate of drug-likeness (QED) is 0.665. The van der Waals surface area contributed by atoms with E-state index in [4.69, 9.17) is 11.6 Å². The molecule has 0 spiro atoms. The highest BCUT2D eigenvalue weighted by Gasteiger charge is 2.51. The summed E-state index contributed by atoms with van der Waals surface area (Å²) in [6.45, 7) is 0.509. The zero-order chi connectivity index (χ0) is 22.9. The summed E-state index contributed by atoms with van der Waals surface area (Å²) in [5, 5.41) is 12.7. The van der Waals surface area contributed by atoms with E-state index in [1.54, 1.807) is 14.0 Å². The Balaban J connectivity index is 1.71. The van der Waals surface area contributed by atoms with Gasteiger partial charge in [0.1, 0.15) is 5.15 Å². The van der Waals surface area contributed by atoms with Gasteiger partial charge in [-0.05, 0) is 18.6 Å². The summed E-state index contributed by atoms with van der Waals surface area (Å²) in [7, 11) is 1.56. The van der Waals surface area contributed by atoms with E-state index in [0.29, 0.717) is 5.56 Å². The van der Waals surface area contributed by atoms with Crippen molar-refractivity contribution < 1.29 is 27.9 Å². The Labute approximate surface area is 181 Å². The lowest BCUT2D eigenvalue weighted by molar-refractivity contribution is -0.180. The maximum absolute atomic E-state index is 13.6. The molecule has 0 aliphatic carbocycles. The largest absolute Gasteiger partial charge is 0.393 e. The third-order valence-corrected chi connectivity index (χ3v) is 5.59. The smallest absolute Gasteiger partial charge is 0.377 e. The predicted octanol–water partition coefficient (Wildman–Crippen LogP) is 1.88. The van der Waals surface area contributed by atoms with Crippen molar-refractivity contribution in [3.05, 3.63) is 46.8 Å². The molecule has 1 fully saturated rings. The number of amides is 2. The Kier molecular flexibility index (Phi) is 6.56. The summed E-state index contributed by atoms with van der Waals surface area (Å²) in [4.78, 5) is 33.6. The first kappa shape index (κ1) is 23.0. The van der Waals surface area contributed by atoms with Crippen LogP contribution in [0.2, 0.25) is 5.15 Å². The molecule has 12 heteroatoms. The van der Waals surface area contributed by atoms with Crippen LogP contribution in [-0.2, 0) is 11.8 Å². The number of hydrogen-bond donors (Lipinski definition) is 2. The Morgan fingerprint density at radius 2 is 2.06 bits per heavy atom. The molecule has 3 heterocycles. The van der Waals surface area contributed by atoms with E-state index >= 15 is 0 Å². The second-order valence-corrected chi connectivity index (χ2v) is 7.90. The molecular formula is C19H21ClF3N5O3. The summed E-state index contributed by atoms with van der Waals surface area (Å²) >= 11 is 5.91. The van der Waals surface area contributed by atoms with Gasteiger partial charge < -0.3 is 19.9 Å². The van der Waals surface area contributed by atoms with Crippen LogP contribution < -0.4 is 5.32 Å². The van der Waals surface area contributed by atoms with Crippen molar-refractivity contribution in [2.75, 3.05) is 19.6 Å². The molecule has 0 aromatic carbocycles. The Bertz CT molecular complexity index is 981. The molecule has 2 N–H and O–H groups in total. The Hall–Kier alpha value is -2.66. The van der Waals surface area contributed by atoms with Gasteiger partial charge >= 0.3 is 6.18 Å². The van der Waals surface area contributed by atoms with E-state index in [1.165, 1.54) is 29.4 Å². The number of aliphatic hydroxyl groups excluding tert-OH is 1. The molecule has 0 saturated carbocycles. The number of carbonyl (C=O) groups excluding carboxylic acids is 2. The van der Waals surface area contributed by atoms with E-state index in [1.807, 2.05) is 0 Å². The number of imidazole rings is 1. The zero-order valence-corrected chi connectivity index (χ0v) is 17.5. The topological polar surface area (TPSA) is 100 Å². The van der Waals surface area contributed by atoms with Crippen LogP contribution in [0, 0.1) is 18.8 Å². The number of alkyl halides is 3. The number of aromatic nitrogens is 3. The van der Waals surface area contributed by atoms with Gasteiger partial charge in [0.25, 0.3) is 11.8 Å². The van der Waals surface area contributed by atoms with Crippen LogP contribution in [-0.4, -0.2) is 62.2 Å². The molecule has 3 unspecified atom stereocenters. The summed E-state index contributed by atoms with van der Waals surface area (Å²) in [5.74, 6) is -4.43. The first-order chi connectivity index (χ1) is 14.5. The molecule has 31 heavy (non-hydrogen) atoms. The van der Waals surface area contributed by atoms with Gasteiger partial charge in [-0.15, -0.1) is 0 Å². The highest BCUT2D eigenvalue weighted by Crippen LogP contribution is 2.38. The van der Waals surface area contributed by atoms with Gasteiger partial charge in [0, 0.05) is 38.8 Å². The highest BCUT2D eigenvalue weighted by molar-refractivity contribution is 6.32. The van der Waals surface area contributed by atoms with Gasteiger partial charge in [-0.2, -0.15) is 13.2 Å². The molecule has 0 radical (unpaired) electrons. The lowest BCUT2D eigenvalue weighted by atomic mass is 9.95. The van der Waals surface area contributed by atoms with Crippen LogP contribution in [0.1, 0.15) is 27.7 Å². The summed E-state index contributed by atoms with van der Waals surface area (Å²) in [5.41, 5.74) is 0.902. The number of halogens is 4.